The molecule has 1 aromatic rings. The molecule has 0 saturated heterocycles. The molecule has 5 heteroatoms. The first-order valence-corrected chi connectivity index (χ1v) is 3.95. The Labute approximate surface area is 81.0 Å². The van der Waals surface area contributed by atoms with Crippen LogP contribution in [0.15, 0.2) is 24.3 Å². The first-order chi connectivity index (χ1) is 6.72. The molecule has 0 aliphatic rings. The van der Waals surface area contributed by atoms with Gasteiger partial charge < -0.3 is 4.74 Å². The molecule has 0 aliphatic heterocycles. The molecule has 1 rings (SSSR count). The van der Waals surface area contributed by atoms with E-state index in [9.17, 15) is 9.59 Å². The smallest absolute Gasteiger partial charge is 0.298 e. The monoisotopic (exact) mass is 194 g/mol. The van der Waals surface area contributed by atoms with Crippen molar-refractivity contribution in [1.82, 2.24) is 5.43 Å². The van der Waals surface area contributed by atoms with Crippen molar-refractivity contribution in [2.24, 2.45) is 0 Å². The van der Waals surface area contributed by atoms with Gasteiger partial charge in [-0.3, -0.25) is 20.4 Å². The number of ether oxygens (including phenoxy) is 1. The summed E-state index contributed by atoms with van der Waals surface area (Å²) in [6.45, 7) is 1.76. The number of hydrogen-bond acceptors (Lipinski definition) is 4. The molecule has 14 heavy (non-hydrogen) atoms. The minimum Gasteiger partial charge on any atom is -0.429 e. The fourth-order valence-corrected chi connectivity index (χ4v) is 0.833. The van der Waals surface area contributed by atoms with Crippen molar-refractivity contribution in [2.45, 2.75) is 6.92 Å². The zero-order valence-electron chi connectivity index (χ0n) is 7.61. The average Bonchev–Trinajstić information content (AvgIpc) is 2.17. The van der Waals surface area contributed by atoms with Gasteiger partial charge in [0.05, 0.1) is 5.69 Å². The lowest BCUT2D eigenvalue weighted by molar-refractivity contribution is -0.121. The van der Waals surface area contributed by atoms with E-state index in [4.69, 9.17) is 0 Å². The van der Waals surface area contributed by atoms with Gasteiger partial charge in [0.1, 0.15) is 5.75 Å². The minimum absolute atomic E-state index is 0.182. The Morgan fingerprint density at radius 1 is 1.36 bits per heavy atom. The second-order valence-corrected chi connectivity index (χ2v) is 2.54. The van der Waals surface area contributed by atoms with Crippen molar-refractivity contribution in [2.75, 3.05) is 5.43 Å². The Morgan fingerprint density at radius 2 is 2.00 bits per heavy atom. The van der Waals surface area contributed by atoms with Crippen molar-refractivity contribution < 1.29 is 14.3 Å². The Kier molecular flexibility index (Phi) is 3.49. The summed E-state index contributed by atoms with van der Waals surface area (Å²) >= 11 is 0. The third kappa shape index (κ3) is 3.14. The Morgan fingerprint density at radius 3 is 2.50 bits per heavy atom. The van der Waals surface area contributed by atoms with Crippen LogP contribution in [0.4, 0.5) is 5.69 Å². The lowest BCUT2D eigenvalue weighted by atomic mass is 10.3. The predicted molar refractivity (Wildman–Crippen MR) is 50.6 cm³/mol. The second kappa shape index (κ2) is 4.86. The molecular weight excluding hydrogens is 184 g/mol. The van der Waals surface area contributed by atoms with Gasteiger partial charge in [0, 0.05) is 6.92 Å². The number of anilines is 1. The van der Waals surface area contributed by atoms with Crippen LogP contribution in [0.3, 0.4) is 0 Å². The van der Waals surface area contributed by atoms with Crippen molar-refractivity contribution in [3.63, 3.8) is 0 Å². The lowest BCUT2D eigenvalue weighted by Crippen LogP contribution is -2.26. The fourth-order valence-electron chi connectivity index (χ4n) is 0.833. The number of carbonyl (C=O) groups is 2. The number of carbonyl (C=O) groups excluding carboxylic acids is 2. The van der Waals surface area contributed by atoms with Crippen molar-refractivity contribution in [3.05, 3.63) is 24.3 Å². The number of amides is 1. The quantitative estimate of drug-likeness (QED) is 0.546. The molecule has 0 aromatic heterocycles. The van der Waals surface area contributed by atoms with Gasteiger partial charge in [0.15, 0.2) is 0 Å². The third-order valence-corrected chi connectivity index (χ3v) is 1.42. The molecule has 0 heterocycles. The molecule has 1 amide bonds. The normalized spacial score (nSPS) is 8.93. The Bertz CT molecular complexity index is 321. The number of benzene rings is 1. The van der Waals surface area contributed by atoms with E-state index in [0.717, 1.165) is 0 Å². The maximum atomic E-state index is 10.5. The van der Waals surface area contributed by atoms with E-state index in [1.807, 2.05) is 0 Å². The second-order valence-electron chi connectivity index (χ2n) is 2.54. The molecular formula is C9H10N2O3. The molecule has 2 N–H and O–H groups in total. The van der Waals surface area contributed by atoms with Gasteiger partial charge in [0.2, 0.25) is 5.91 Å². The maximum Gasteiger partial charge on any atom is 0.298 e. The highest BCUT2D eigenvalue weighted by atomic mass is 16.5. The van der Waals surface area contributed by atoms with Gasteiger partial charge in [-0.15, -0.1) is 0 Å². The molecule has 0 atom stereocenters. The molecule has 74 valence electrons. The molecule has 0 radical (unpaired) electrons. The van der Waals surface area contributed by atoms with Crippen LogP contribution in [0, 0.1) is 0 Å². The SMILES string of the molecule is CC(=O)NNc1ccc(OC=O)cc1. The van der Waals surface area contributed by atoms with E-state index in [-0.39, 0.29) is 5.91 Å². The maximum absolute atomic E-state index is 10.5. The molecule has 0 aliphatic carbocycles. The van der Waals surface area contributed by atoms with Gasteiger partial charge in [-0.25, -0.2) is 0 Å². The molecule has 0 saturated carbocycles. The van der Waals surface area contributed by atoms with Gasteiger partial charge in [-0.2, -0.15) is 0 Å². The molecule has 5 nitrogen and oxygen atoms in total. The summed E-state index contributed by atoms with van der Waals surface area (Å²) in [5, 5.41) is 0. The first-order valence-electron chi connectivity index (χ1n) is 3.95. The predicted octanol–water partition coefficient (Wildman–Crippen LogP) is 0.685. The van der Waals surface area contributed by atoms with Crippen LogP contribution in [0.25, 0.3) is 0 Å². The van der Waals surface area contributed by atoms with E-state index in [2.05, 4.69) is 15.6 Å². The molecule has 0 bridgehead atoms. The number of nitrogens with one attached hydrogen (secondary N) is 2. The van der Waals surface area contributed by atoms with E-state index in [0.29, 0.717) is 17.9 Å². The summed E-state index contributed by atoms with van der Waals surface area (Å²) in [4.78, 5) is 20.5. The van der Waals surface area contributed by atoms with Crippen LogP contribution < -0.4 is 15.6 Å². The summed E-state index contributed by atoms with van der Waals surface area (Å²) in [5.74, 6) is 0.270. The zero-order valence-corrected chi connectivity index (χ0v) is 7.61. The number of hydrogen-bond donors (Lipinski definition) is 2. The van der Waals surface area contributed by atoms with E-state index >= 15 is 0 Å². The van der Waals surface area contributed by atoms with E-state index in [1.165, 1.54) is 6.92 Å². The summed E-state index contributed by atoms with van der Waals surface area (Å²) in [5.41, 5.74) is 5.79. The minimum atomic E-state index is -0.182. The molecule has 0 fully saturated rings. The molecule has 0 spiro atoms. The van der Waals surface area contributed by atoms with E-state index in [1.54, 1.807) is 24.3 Å². The highest BCUT2D eigenvalue weighted by Crippen LogP contribution is 2.13. The summed E-state index contributed by atoms with van der Waals surface area (Å²) < 4.78 is 4.59. The highest BCUT2D eigenvalue weighted by molar-refractivity contribution is 5.74. The number of hydrazine groups is 1. The van der Waals surface area contributed by atoms with Gasteiger partial charge >= 0.3 is 0 Å². The largest absolute Gasteiger partial charge is 0.429 e. The fraction of sp³-hybridized carbons (Fsp3) is 0.111. The standard InChI is InChI=1S/C9H10N2O3/c1-7(13)10-11-8-2-4-9(5-3-8)14-6-12/h2-6,11H,1H3,(H,10,13). The highest BCUT2D eigenvalue weighted by Gasteiger charge is 1.94. The van der Waals surface area contributed by atoms with Crippen LogP contribution in [0.1, 0.15) is 6.92 Å². The topological polar surface area (TPSA) is 67.4 Å². The number of rotatable bonds is 4. The van der Waals surface area contributed by atoms with Crippen molar-refractivity contribution in [1.29, 1.82) is 0 Å². The van der Waals surface area contributed by atoms with Crippen LogP contribution in [0.2, 0.25) is 0 Å². The van der Waals surface area contributed by atoms with Crippen molar-refractivity contribution >= 4 is 18.1 Å². The zero-order chi connectivity index (χ0) is 10.4. The first kappa shape index (κ1) is 10.0. The molecule has 0 unspecified atom stereocenters. The average molecular weight is 194 g/mol. The lowest BCUT2D eigenvalue weighted by Gasteiger charge is -2.06. The van der Waals surface area contributed by atoms with Crippen LogP contribution in [-0.2, 0) is 9.59 Å². The summed E-state index contributed by atoms with van der Waals surface area (Å²) in [7, 11) is 0. The summed E-state index contributed by atoms with van der Waals surface area (Å²) in [6.07, 6.45) is 0. The van der Waals surface area contributed by atoms with Crippen LogP contribution >= 0.6 is 0 Å². The van der Waals surface area contributed by atoms with Gasteiger partial charge in [-0.05, 0) is 24.3 Å². The van der Waals surface area contributed by atoms with Crippen LogP contribution in [-0.4, -0.2) is 12.4 Å². The van der Waals surface area contributed by atoms with E-state index < -0.39 is 0 Å². The summed E-state index contributed by atoms with van der Waals surface area (Å²) in [6, 6.07) is 6.57. The van der Waals surface area contributed by atoms with Gasteiger partial charge in [0.25, 0.3) is 6.47 Å². The van der Waals surface area contributed by atoms with Gasteiger partial charge in [-0.1, -0.05) is 0 Å². The molecule has 1 aromatic carbocycles. The Balaban J connectivity index is 2.54. The third-order valence-electron chi connectivity index (χ3n) is 1.42. The van der Waals surface area contributed by atoms with Crippen molar-refractivity contribution in [3.8, 4) is 5.75 Å². The van der Waals surface area contributed by atoms with Crippen LogP contribution in [0.5, 0.6) is 5.75 Å². The Hall–Kier alpha value is -2.04.